The second-order valence-electron chi connectivity index (χ2n) is 3.19. The van der Waals surface area contributed by atoms with Crippen LogP contribution < -0.4 is 0 Å². The molecule has 0 unspecified atom stereocenters. The summed E-state index contributed by atoms with van der Waals surface area (Å²) in [6.07, 6.45) is 1.79. The van der Waals surface area contributed by atoms with E-state index in [1.807, 2.05) is 0 Å². The van der Waals surface area contributed by atoms with Crippen molar-refractivity contribution >= 4 is 12.0 Å². The van der Waals surface area contributed by atoms with Gasteiger partial charge in [0.25, 0.3) is 0 Å². The number of carbonyl (C=O) groups is 1. The van der Waals surface area contributed by atoms with E-state index in [-0.39, 0.29) is 11.3 Å². The summed E-state index contributed by atoms with van der Waals surface area (Å²) in [4.78, 5) is 14.8. The number of aromatic nitrogens is 1. The molecule has 2 N–H and O–H groups in total. The van der Waals surface area contributed by atoms with Gasteiger partial charge in [-0.05, 0) is 31.6 Å². The lowest BCUT2D eigenvalue weighted by molar-refractivity contribution is -0.132. The predicted octanol–water partition coefficient (Wildman–Crippen LogP) is 1.97. The summed E-state index contributed by atoms with van der Waals surface area (Å²) in [6.45, 7) is 3.52. The lowest BCUT2D eigenvalue weighted by Gasteiger charge is -2.02. The maximum Gasteiger partial charge on any atom is 0.331 e. The molecular weight excluding hydrogens is 194 g/mol. The van der Waals surface area contributed by atoms with E-state index >= 15 is 0 Å². The van der Waals surface area contributed by atoms with Crippen molar-refractivity contribution in [1.29, 1.82) is 0 Å². The Morgan fingerprint density at radius 2 is 2.20 bits per heavy atom. The molecule has 80 valence electrons. The Bertz CT molecular complexity index is 410. The minimum absolute atomic E-state index is 0.00667. The minimum Gasteiger partial charge on any atom is -0.506 e. The Kier molecular flexibility index (Phi) is 3.44. The highest BCUT2D eigenvalue weighted by Gasteiger charge is 2.07. The first kappa shape index (κ1) is 11.2. The maximum atomic E-state index is 10.8. The molecule has 1 heterocycles. The Labute approximate surface area is 87.9 Å². The number of aryl methyl sites for hydroxylation is 1. The van der Waals surface area contributed by atoms with Gasteiger partial charge in [-0.3, -0.25) is 0 Å². The minimum atomic E-state index is -0.986. The summed E-state index contributed by atoms with van der Waals surface area (Å²) in [5, 5.41) is 18.3. The topological polar surface area (TPSA) is 70.4 Å². The molecule has 0 aliphatic heterocycles. The van der Waals surface area contributed by atoms with Gasteiger partial charge in [0.2, 0.25) is 0 Å². The van der Waals surface area contributed by atoms with Crippen LogP contribution in [0.3, 0.4) is 0 Å². The van der Waals surface area contributed by atoms with Gasteiger partial charge in [-0.15, -0.1) is 0 Å². The van der Waals surface area contributed by atoms with E-state index < -0.39 is 5.97 Å². The maximum absolute atomic E-state index is 10.8. The molecule has 0 atom stereocenters. The third-order valence-electron chi connectivity index (χ3n) is 2.01. The molecule has 0 spiro atoms. The van der Waals surface area contributed by atoms with Crippen molar-refractivity contribution in [1.82, 2.24) is 4.98 Å². The molecule has 15 heavy (non-hydrogen) atoms. The smallest absolute Gasteiger partial charge is 0.331 e. The van der Waals surface area contributed by atoms with Crippen LogP contribution >= 0.6 is 0 Å². The van der Waals surface area contributed by atoms with Crippen molar-refractivity contribution in [3.05, 3.63) is 29.1 Å². The van der Waals surface area contributed by atoms with E-state index in [0.717, 1.165) is 5.69 Å². The Morgan fingerprint density at radius 3 is 2.73 bits per heavy atom. The number of carboxylic acids is 1. The Morgan fingerprint density at radius 1 is 1.53 bits per heavy atom. The van der Waals surface area contributed by atoms with Crippen LogP contribution in [0.1, 0.15) is 24.7 Å². The fourth-order valence-corrected chi connectivity index (χ4v) is 1.16. The molecule has 0 saturated carbocycles. The highest BCUT2D eigenvalue weighted by molar-refractivity contribution is 5.92. The van der Waals surface area contributed by atoms with Crippen LogP contribution in [0.5, 0.6) is 5.75 Å². The van der Waals surface area contributed by atoms with Crippen LogP contribution in [0.25, 0.3) is 6.08 Å². The molecule has 1 rings (SSSR count). The van der Waals surface area contributed by atoms with E-state index in [2.05, 4.69) is 4.98 Å². The standard InChI is InChI=1S/C11H13NO3/c1-3-8(11(14)15)6-9-10(13)5-4-7(2)12-9/h4-6,13H,3H2,1-2H3,(H,14,15)/b8-6+. The average Bonchev–Trinajstić information content (AvgIpc) is 2.18. The molecule has 4 nitrogen and oxygen atoms in total. The van der Waals surface area contributed by atoms with Gasteiger partial charge >= 0.3 is 5.97 Å². The quantitative estimate of drug-likeness (QED) is 0.743. The Hall–Kier alpha value is -1.84. The number of aromatic hydroxyl groups is 1. The highest BCUT2D eigenvalue weighted by Crippen LogP contribution is 2.18. The van der Waals surface area contributed by atoms with Crippen LogP contribution in [0.15, 0.2) is 17.7 Å². The zero-order chi connectivity index (χ0) is 11.4. The molecule has 0 aliphatic rings. The lowest BCUT2D eigenvalue weighted by Crippen LogP contribution is -1.99. The molecule has 0 aliphatic carbocycles. The summed E-state index contributed by atoms with van der Waals surface area (Å²) in [5.74, 6) is -0.993. The molecule has 0 radical (unpaired) electrons. The molecule has 0 saturated heterocycles. The lowest BCUT2D eigenvalue weighted by atomic mass is 10.1. The van der Waals surface area contributed by atoms with E-state index in [4.69, 9.17) is 5.11 Å². The van der Waals surface area contributed by atoms with Crippen molar-refractivity contribution in [2.45, 2.75) is 20.3 Å². The van der Waals surface area contributed by atoms with Crippen LogP contribution in [-0.2, 0) is 4.79 Å². The van der Waals surface area contributed by atoms with Crippen LogP contribution in [-0.4, -0.2) is 21.2 Å². The molecule has 1 aromatic heterocycles. The van der Waals surface area contributed by atoms with Crippen molar-refractivity contribution < 1.29 is 15.0 Å². The third kappa shape index (κ3) is 2.80. The van der Waals surface area contributed by atoms with Gasteiger partial charge in [0.15, 0.2) is 0 Å². The second-order valence-corrected chi connectivity index (χ2v) is 3.19. The van der Waals surface area contributed by atoms with Gasteiger partial charge in [0.1, 0.15) is 11.4 Å². The van der Waals surface area contributed by atoms with Crippen molar-refractivity contribution in [3.63, 3.8) is 0 Å². The monoisotopic (exact) mass is 207 g/mol. The number of pyridine rings is 1. The van der Waals surface area contributed by atoms with E-state index in [9.17, 15) is 9.90 Å². The summed E-state index contributed by atoms with van der Waals surface area (Å²) < 4.78 is 0. The third-order valence-corrected chi connectivity index (χ3v) is 2.01. The van der Waals surface area contributed by atoms with E-state index in [0.29, 0.717) is 12.1 Å². The zero-order valence-corrected chi connectivity index (χ0v) is 8.69. The predicted molar refractivity (Wildman–Crippen MR) is 56.5 cm³/mol. The van der Waals surface area contributed by atoms with Gasteiger partial charge < -0.3 is 10.2 Å². The van der Waals surface area contributed by atoms with Gasteiger partial charge in [-0.25, -0.2) is 9.78 Å². The van der Waals surface area contributed by atoms with Gasteiger partial charge in [0.05, 0.1) is 0 Å². The number of nitrogens with zero attached hydrogens (tertiary/aromatic N) is 1. The Balaban J connectivity index is 3.16. The molecule has 0 amide bonds. The first-order chi connectivity index (χ1) is 7.04. The fraction of sp³-hybridized carbons (Fsp3) is 0.273. The molecular formula is C11H13NO3. The van der Waals surface area contributed by atoms with Crippen LogP contribution in [0.2, 0.25) is 0 Å². The van der Waals surface area contributed by atoms with E-state index in [1.165, 1.54) is 12.1 Å². The number of hydrogen-bond acceptors (Lipinski definition) is 3. The number of hydrogen-bond donors (Lipinski definition) is 2. The summed E-state index contributed by atoms with van der Waals surface area (Å²) >= 11 is 0. The van der Waals surface area contributed by atoms with Crippen molar-refractivity contribution in [2.75, 3.05) is 0 Å². The van der Waals surface area contributed by atoms with Crippen molar-refractivity contribution in [3.8, 4) is 5.75 Å². The summed E-state index contributed by atoms with van der Waals surface area (Å²) in [7, 11) is 0. The SMILES string of the molecule is CC/C(=C\c1nc(C)ccc1O)C(=O)O. The van der Waals surface area contributed by atoms with Gasteiger partial charge in [-0.1, -0.05) is 6.92 Å². The molecule has 0 aromatic carbocycles. The molecule has 0 bridgehead atoms. The first-order valence-corrected chi connectivity index (χ1v) is 4.65. The molecule has 4 heteroatoms. The largest absolute Gasteiger partial charge is 0.506 e. The summed E-state index contributed by atoms with van der Waals surface area (Å²) in [5.41, 5.74) is 1.26. The average molecular weight is 207 g/mol. The van der Waals surface area contributed by atoms with Crippen molar-refractivity contribution in [2.24, 2.45) is 0 Å². The molecule has 1 aromatic rings. The second kappa shape index (κ2) is 4.59. The highest BCUT2D eigenvalue weighted by atomic mass is 16.4. The zero-order valence-electron chi connectivity index (χ0n) is 8.69. The summed E-state index contributed by atoms with van der Waals surface area (Å²) in [6, 6.07) is 3.17. The van der Waals surface area contributed by atoms with Gasteiger partial charge in [0, 0.05) is 11.3 Å². The number of aliphatic carboxylic acids is 1. The van der Waals surface area contributed by atoms with Gasteiger partial charge in [-0.2, -0.15) is 0 Å². The normalized spacial score (nSPS) is 11.5. The van der Waals surface area contributed by atoms with E-state index in [1.54, 1.807) is 19.9 Å². The fourth-order valence-electron chi connectivity index (χ4n) is 1.16. The van der Waals surface area contributed by atoms with Crippen LogP contribution in [0.4, 0.5) is 0 Å². The first-order valence-electron chi connectivity index (χ1n) is 4.65. The molecule has 0 fully saturated rings. The number of carboxylic acid groups (broad SMARTS) is 1. The number of rotatable bonds is 3. The van der Waals surface area contributed by atoms with Crippen LogP contribution in [0, 0.1) is 6.92 Å².